The van der Waals surface area contributed by atoms with Gasteiger partial charge in [0, 0.05) is 34.5 Å². The van der Waals surface area contributed by atoms with Gasteiger partial charge in [0.25, 0.3) is 0 Å². The van der Waals surface area contributed by atoms with Gasteiger partial charge in [-0.05, 0) is 66.9 Å². The number of sulfonamides is 1. The van der Waals surface area contributed by atoms with Gasteiger partial charge in [-0.25, -0.2) is 22.2 Å². The van der Waals surface area contributed by atoms with E-state index in [9.17, 15) is 22.7 Å². The molecule has 3 aromatic carbocycles. The maximum Gasteiger partial charge on any atom is 0.243 e. The molecular formula is C35H40Cl2F2N4O5S2. The minimum absolute atomic E-state index is 0.0174. The van der Waals surface area contributed by atoms with Crippen LogP contribution in [-0.2, 0) is 26.0 Å². The number of thioether (sulfide) groups is 1. The highest BCUT2D eigenvalue weighted by molar-refractivity contribution is 7.98. The number of methoxy groups -OCH3 is 1. The van der Waals surface area contributed by atoms with Crippen molar-refractivity contribution in [3.63, 3.8) is 0 Å². The highest BCUT2D eigenvalue weighted by Crippen LogP contribution is 2.40. The normalized spacial score (nSPS) is 13.1. The van der Waals surface area contributed by atoms with Gasteiger partial charge < -0.3 is 19.1 Å². The number of rotatable bonds is 15. The average Bonchev–Trinajstić information content (AvgIpc) is 3.47. The zero-order chi connectivity index (χ0) is 37.2. The van der Waals surface area contributed by atoms with Crippen LogP contribution in [0.4, 0.5) is 8.78 Å². The summed E-state index contributed by atoms with van der Waals surface area (Å²) >= 11 is 13.9. The van der Waals surface area contributed by atoms with E-state index in [1.54, 1.807) is 24.4 Å². The Morgan fingerprint density at radius 1 is 1.08 bits per heavy atom. The molecule has 270 valence electrons. The molecule has 0 amide bonds. The Morgan fingerprint density at radius 3 is 2.32 bits per heavy atom. The van der Waals surface area contributed by atoms with E-state index in [0.29, 0.717) is 43.4 Å². The first-order valence-corrected chi connectivity index (χ1v) is 18.7. The summed E-state index contributed by atoms with van der Waals surface area (Å²) in [6.07, 6.45) is 2.13. The van der Waals surface area contributed by atoms with Crippen LogP contribution in [0.5, 0.6) is 5.75 Å². The van der Waals surface area contributed by atoms with Crippen molar-refractivity contribution < 1.29 is 36.3 Å². The lowest BCUT2D eigenvalue weighted by Gasteiger charge is -2.30. The third-order valence-electron chi connectivity index (χ3n) is 8.48. The van der Waals surface area contributed by atoms with Crippen LogP contribution in [0.2, 0.25) is 10.0 Å². The van der Waals surface area contributed by atoms with E-state index in [0.717, 1.165) is 42.2 Å². The highest BCUT2D eigenvalue weighted by Gasteiger charge is 2.32. The first-order chi connectivity index (χ1) is 23.3. The zero-order valence-corrected chi connectivity index (χ0v) is 32.0. The highest BCUT2D eigenvalue weighted by atomic mass is 35.5. The number of carbonyl (C=O) groups is 1. The molecule has 0 unspecified atom stereocenters. The van der Waals surface area contributed by atoms with E-state index in [1.807, 2.05) is 51.7 Å². The van der Waals surface area contributed by atoms with Crippen molar-refractivity contribution in [1.29, 1.82) is 0 Å². The number of ether oxygens (including phenoxy) is 1. The number of carbonyl (C=O) groups excluding carboxylic acids is 1. The second-order valence-corrected chi connectivity index (χ2v) is 17.1. The summed E-state index contributed by atoms with van der Waals surface area (Å²) in [7, 11) is 4.01. The van der Waals surface area contributed by atoms with Crippen LogP contribution in [0.25, 0.3) is 5.69 Å². The fourth-order valence-corrected chi connectivity index (χ4v) is 8.48. The Bertz CT molecular complexity index is 1940. The Morgan fingerprint density at radius 2 is 1.74 bits per heavy atom. The quantitative estimate of drug-likeness (QED) is 0.103. The number of carboxylic acid groups (broad SMARTS) is 1. The van der Waals surface area contributed by atoms with Crippen molar-refractivity contribution in [3.05, 3.63) is 99.3 Å². The molecule has 1 aromatic heterocycles. The topological polar surface area (TPSA) is 105 Å². The second kappa shape index (κ2) is 15.6. The number of hydrogen-bond acceptors (Lipinski definition) is 7. The number of aromatic nitrogens is 2. The predicted molar refractivity (Wildman–Crippen MR) is 191 cm³/mol. The minimum atomic E-state index is -4.46. The maximum absolute atomic E-state index is 15.7. The van der Waals surface area contributed by atoms with Gasteiger partial charge in [0.05, 0.1) is 68.6 Å². The van der Waals surface area contributed by atoms with E-state index in [1.165, 1.54) is 19.2 Å². The number of likely N-dealkylation sites (N-methyl/N-ethyl adjacent to an activating group) is 1. The average molecular weight is 770 g/mol. The lowest BCUT2D eigenvalue weighted by molar-refractivity contribution is -0.870. The summed E-state index contributed by atoms with van der Waals surface area (Å²) in [6.45, 7) is 4.59. The molecule has 0 fully saturated rings. The van der Waals surface area contributed by atoms with Crippen molar-refractivity contribution >= 4 is 51.0 Å². The molecule has 15 heteroatoms. The second-order valence-electron chi connectivity index (χ2n) is 13.4. The molecule has 0 saturated heterocycles. The summed E-state index contributed by atoms with van der Waals surface area (Å²) in [4.78, 5) is 16.1. The van der Waals surface area contributed by atoms with Gasteiger partial charge in [-0.3, -0.25) is 4.57 Å². The molecule has 0 N–H and O–H groups in total. The molecule has 0 aliphatic rings. The van der Waals surface area contributed by atoms with Crippen LogP contribution in [0.1, 0.15) is 43.5 Å². The van der Waals surface area contributed by atoms with Crippen molar-refractivity contribution in [3.8, 4) is 11.4 Å². The molecular weight excluding hydrogens is 729 g/mol. The number of carboxylic acids is 1. The van der Waals surface area contributed by atoms with Crippen molar-refractivity contribution in [2.45, 2.75) is 54.0 Å². The molecule has 1 atom stereocenters. The third-order valence-corrected chi connectivity index (χ3v) is 12.0. The molecule has 9 nitrogen and oxygen atoms in total. The van der Waals surface area contributed by atoms with Crippen LogP contribution < -0.4 is 9.84 Å². The molecule has 0 bridgehead atoms. The van der Waals surface area contributed by atoms with Crippen LogP contribution >= 0.6 is 35.0 Å². The molecule has 1 heterocycles. The number of aliphatic carboxylic acids is 1. The first kappa shape index (κ1) is 39.6. The zero-order valence-electron chi connectivity index (χ0n) is 28.8. The van der Waals surface area contributed by atoms with Crippen LogP contribution in [0, 0.1) is 11.6 Å². The first-order valence-electron chi connectivity index (χ1n) is 15.6. The van der Waals surface area contributed by atoms with E-state index in [-0.39, 0.29) is 22.8 Å². The van der Waals surface area contributed by atoms with Gasteiger partial charge in [0.1, 0.15) is 17.4 Å². The number of halogens is 4. The Balaban J connectivity index is 1.66. The molecule has 0 aliphatic heterocycles. The smallest absolute Gasteiger partial charge is 0.243 e. The number of nitrogens with zero attached hydrogens (tertiary/aromatic N) is 4. The van der Waals surface area contributed by atoms with E-state index < -0.39 is 44.0 Å². The summed E-state index contributed by atoms with van der Waals surface area (Å²) in [5.74, 6) is -2.40. The van der Waals surface area contributed by atoms with Gasteiger partial charge in [0.2, 0.25) is 10.0 Å². The monoisotopic (exact) mass is 768 g/mol. The molecule has 4 rings (SSSR count). The summed E-state index contributed by atoms with van der Waals surface area (Å²) in [5, 5.41) is 12.7. The number of imidazole rings is 1. The SMILES string of the molecule is COc1cc(C(C)(C)c2cnc(SCc3c(F)cc(S(=O)(=O)N(C)[C@@H](CCC[N+](C)(C)C)C(=O)[O-])cc3Cl)n2-c2ccc(F)cc2)ccc1Cl. The lowest BCUT2D eigenvalue weighted by Crippen LogP contribution is -2.49. The Hall–Kier alpha value is -3.20. The maximum atomic E-state index is 15.7. The number of quaternary nitrogens is 1. The summed E-state index contributed by atoms with van der Waals surface area (Å²) < 4.78 is 65.1. The van der Waals surface area contributed by atoms with Gasteiger partial charge in [-0.2, -0.15) is 4.31 Å². The third kappa shape index (κ3) is 8.80. The van der Waals surface area contributed by atoms with Crippen LogP contribution in [0.3, 0.4) is 0 Å². The van der Waals surface area contributed by atoms with Crippen LogP contribution in [-0.4, -0.2) is 80.6 Å². The molecule has 0 aliphatic carbocycles. The summed E-state index contributed by atoms with van der Waals surface area (Å²) in [5.41, 5.74) is 1.56. The van der Waals surface area contributed by atoms with Gasteiger partial charge >= 0.3 is 0 Å². The number of hydrogen-bond donors (Lipinski definition) is 0. The predicted octanol–water partition coefficient (Wildman–Crippen LogP) is 6.31. The molecule has 50 heavy (non-hydrogen) atoms. The van der Waals surface area contributed by atoms with E-state index in [4.69, 9.17) is 27.9 Å². The Kier molecular flexibility index (Phi) is 12.3. The van der Waals surface area contributed by atoms with Gasteiger partial charge in [-0.1, -0.05) is 54.9 Å². The Labute approximate surface area is 306 Å². The summed E-state index contributed by atoms with van der Waals surface area (Å²) in [6, 6.07) is 11.8. The lowest BCUT2D eigenvalue weighted by atomic mass is 9.81. The van der Waals surface area contributed by atoms with Crippen molar-refractivity contribution in [2.75, 3.05) is 41.8 Å². The van der Waals surface area contributed by atoms with E-state index in [2.05, 4.69) is 4.98 Å². The molecule has 4 aromatic rings. The standard InChI is InChI=1S/C35H40Cl2F2N4O5S2/c1-35(2,22-10-15-27(36)31(17-22)48-7)32-20-40-34(42(32)24-13-11-23(38)12-14-24)49-21-26-28(37)18-25(19-29(26)39)50(46,47)41(3)30(33(44)45)9-8-16-43(4,5)6/h10-15,17-20,30H,8-9,16,21H2,1-7H3/t30-/m0/s1. The van der Waals surface area contributed by atoms with E-state index >= 15 is 4.39 Å². The number of benzene rings is 3. The fourth-order valence-electron chi connectivity index (χ4n) is 5.46. The van der Waals surface area contributed by atoms with Gasteiger partial charge in [0.15, 0.2) is 5.16 Å². The molecule has 0 spiro atoms. The van der Waals surface area contributed by atoms with Gasteiger partial charge in [-0.15, -0.1) is 0 Å². The minimum Gasteiger partial charge on any atom is -0.548 e. The molecule has 0 saturated carbocycles. The van der Waals surface area contributed by atoms with Crippen molar-refractivity contribution in [2.24, 2.45) is 0 Å². The molecule has 0 radical (unpaired) electrons. The largest absolute Gasteiger partial charge is 0.548 e. The van der Waals surface area contributed by atoms with Crippen LogP contribution in [0.15, 0.2) is 70.8 Å². The fraction of sp³-hybridized carbons (Fsp3) is 0.371. The van der Waals surface area contributed by atoms with Crippen molar-refractivity contribution in [1.82, 2.24) is 13.9 Å².